The molecule has 8 unspecified atom stereocenters. The Morgan fingerprint density at radius 1 is 0.426 bits per heavy atom. The van der Waals surface area contributed by atoms with E-state index in [1.165, 1.54) is 0 Å². The smallest absolute Gasteiger partial charge is 0.261 e. The molecule has 0 saturated carbocycles. The van der Waals surface area contributed by atoms with E-state index in [1.54, 1.807) is 7.11 Å². The quantitative estimate of drug-likeness (QED) is 0.0262. The third-order valence-electron chi connectivity index (χ3n) is 20.3. The van der Waals surface area contributed by atoms with Crippen LogP contribution in [0.3, 0.4) is 0 Å². The van der Waals surface area contributed by atoms with Gasteiger partial charge in [-0.1, -0.05) is 263 Å². The largest absolute Gasteiger partial charge is 0.405 e. The van der Waals surface area contributed by atoms with Crippen molar-refractivity contribution in [2.75, 3.05) is 20.3 Å². The van der Waals surface area contributed by atoms with Crippen LogP contribution in [0.25, 0.3) is 10.4 Å². The average Bonchev–Trinajstić information content (AvgIpc) is 0.755. The summed E-state index contributed by atoms with van der Waals surface area (Å²) >= 11 is 0. The highest BCUT2D eigenvalue weighted by atomic mass is 28.4. The minimum atomic E-state index is -3.22. The second-order valence-corrected chi connectivity index (χ2v) is 37.1. The molecule has 20 atom stereocenters. The number of benzene rings is 6. The van der Waals surface area contributed by atoms with Gasteiger partial charge in [-0.25, -0.2) is 0 Å². The molecule has 0 amide bonds. The highest BCUT2D eigenvalue weighted by Crippen LogP contribution is 2.45. The lowest BCUT2D eigenvalue weighted by atomic mass is 9.84. The molecule has 0 aromatic heterocycles. The zero-order valence-corrected chi connectivity index (χ0v) is 59.4. The van der Waals surface area contributed by atoms with Gasteiger partial charge in [0.25, 0.3) is 16.6 Å². The second-order valence-electron chi connectivity index (χ2n) is 28.5. The maximum Gasteiger partial charge on any atom is 0.261 e. The zero-order chi connectivity index (χ0) is 67.0. The van der Waals surface area contributed by atoms with Crippen LogP contribution >= 0.6 is 0 Å². The number of aliphatic hydroxyl groups is 1. The van der Waals surface area contributed by atoms with Crippen molar-refractivity contribution in [1.29, 1.82) is 0 Å². The van der Waals surface area contributed by atoms with E-state index in [2.05, 4.69) is 169 Å². The summed E-state index contributed by atoms with van der Waals surface area (Å²) in [5.41, 5.74) is 12.5. The molecular weight excluding hydrogens is 1220 g/mol. The van der Waals surface area contributed by atoms with Crippen molar-refractivity contribution in [3.8, 4) is 0 Å². The number of hydrogen-bond donors (Lipinski definition) is 1. The van der Waals surface area contributed by atoms with Crippen LogP contribution in [0.1, 0.15) is 101 Å². The third-order valence-corrected chi connectivity index (χ3v) is 30.3. The fraction of sp³-hybridized carbons (Fsp3) is 0.526. The Morgan fingerprint density at radius 2 is 0.787 bits per heavy atom. The summed E-state index contributed by atoms with van der Waals surface area (Å²) in [4.78, 5) is 3.46. The molecule has 0 spiro atoms. The molecule has 10 rings (SSSR count). The molecule has 4 aliphatic rings. The molecule has 0 bridgehead atoms. The van der Waals surface area contributed by atoms with Gasteiger partial charge in [-0.3, -0.25) is 0 Å². The number of methoxy groups -OCH3 is 1. The first-order valence-electron chi connectivity index (χ1n) is 33.8. The Hall–Kier alpha value is -5.46. The van der Waals surface area contributed by atoms with Gasteiger partial charge in [0, 0.05) is 29.8 Å². The van der Waals surface area contributed by atoms with Gasteiger partial charge in [0.2, 0.25) is 0 Å². The summed E-state index contributed by atoms with van der Waals surface area (Å²) in [7, 11) is -4.56. The van der Waals surface area contributed by atoms with Crippen molar-refractivity contribution in [1.82, 2.24) is 0 Å². The Bertz CT molecular complexity index is 3240. The minimum Gasteiger partial charge on any atom is -0.405 e. The second kappa shape index (κ2) is 31.4. The molecule has 4 aliphatic heterocycles. The van der Waals surface area contributed by atoms with Crippen molar-refractivity contribution in [2.45, 2.75) is 206 Å². The van der Waals surface area contributed by atoms with E-state index in [1.807, 2.05) is 113 Å². The van der Waals surface area contributed by atoms with Crippen LogP contribution in [0.4, 0.5) is 0 Å². The van der Waals surface area contributed by atoms with E-state index in [0.29, 0.717) is 0 Å². The van der Waals surface area contributed by atoms with Gasteiger partial charge in [0.05, 0.1) is 69.1 Å². The Morgan fingerprint density at radius 3 is 1.19 bits per heavy atom. The molecular formula is C76H101N3O13Si2. The van der Waals surface area contributed by atoms with Gasteiger partial charge in [0.15, 0.2) is 25.2 Å². The molecule has 6 aromatic carbocycles. The number of rotatable bonds is 24. The fourth-order valence-corrected chi connectivity index (χ4v) is 24.0. The molecule has 4 saturated heterocycles. The first-order valence-corrected chi connectivity index (χ1v) is 37.6. The van der Waals surface area contributed by atoms with Gasteiger partial charge in [-0.2, -0.15) is 0 Å². The van der Waals surface area contributed by atoms with Gasteiger partial charge in [-0.05, 0) is 73.2 Å². The lowest BCUT2D eigenvalue weighted by molar-refractivity contribution is -0.363. The van der Waals surface area contributed by atoms with Crippen molar-refractivity contribution in [3.05, 3.63) is 204 Å². The normalized spacial score (nSPS) is 31.9. The Labute approximate surface area is 560 Å². The lowest BCUT2D eigenvalue weighted by Crippen LogP contribution is -2.68. The van der Waals surface area contributed by atoms with Crippen LogP contribution < -0.4 is 20.7 Å². The van der Waals surface area contributed by atoms with Crippen LogP contribution in [-0.2, 0) is 69.4 Å². The molecule has 0 aliphatic carbocycles. The number of azide groups is 1. The van der Waals surface area contributed by atoms with Gasteiger partial charge in [0.1, 0.15) is 24.4 Å². The first kappa shape index (κ1) is 71.3. The molecule has 94 heavy (non-hydrogen) atoms. The summed E-state index contributed by atoms with van der Waals surface area (Å²) in [6, 6.07) is 61.2. The molecule has 506 valence electrons. The zero-order valence-electron chi connectivity index (χ0n) is 57.4. The summed E-state index contributed by atoms with van der Waals surface area (Å²) in [6.07, 6.45) is -10.4. The summed E-state index contributed by atoms with van der Waals surface area (Å²) in [5, 5.41) is 20.0. The molecule has 1 N–H and O–H groups in total. The van der Waals surface area contributed by atoms with E-state index in [9.17, 15) is 10.6 Å². The molecule has 4 heterocycles. The van der Waals surface area contributed by atoms with Crippen LogP contribution in [0.5, 0.6) is 0 Å². The summed E-state index contributed by atoms with van der Waals surface area (Å²) in [5.74, 6) is -1.59. The van der Waals surface area contributed by atoms with Crippen molar-refractivity contribution in [2.24, 2.45) is 34.7 Å². The number of aliphatic hydroxyl groups excluding tert-OH is 1. The monoisotopic (exact) mass is 1320 g/mol. The van der Waals surface area contributed by atoms with Crippen LogP contribution in [-0.4, -0.2) is 134 Å². The minimum absolute atomic E-state index is 0.0558. The van der Waals surface area contributed by atoms with Crippen molar-refractivity contribution < 1.29 is 61.3 Å². The van der Waals surface area contributed by atoms with E-state index in [4.69, 9.17) is 56.2 Å². The maximum absolute atomic E-state index is 11.7. The van der Waals surface area contributed by atoms with Crippen LogP contribution in [0.2, 0.25) is 10.1 Å². The van der Waals surface area contributed by atoms with E-state index < -0.39 is 127 Å². The molecule has 18 heteroatoms. The highest BCUT2D eigenvalue weighted by molar-refractivity contribution is 7.00. The van der Waals surface area contributed by atoms with Gasteiger partial charge in [-0.15, -0.1) is 0 Å². The van der Waals surface area contributed by atoms with Crippen LogP contribution in [0.15, 0.2) is 187 Å². The first-order chi connectivity index (χ1) is 45.1. The van der Waals surface area contributed by atoms with Crippen molar-refractivity contribution >= 4 is 37.4 Å². The highest BCUT2D eigenvalue weighted by Gasteiger charge is 2.57. The van der Waals surface area contributed by atoms with Crippen molar-refractivity contribution in [3.63, 3.8) is 0 Å². The average molecular weight is 1320 g/mol. The fourth-order valence-electron chi connectivity index (χ4n) is 14.9. The van der Waals surface area contributed by atoms with Gasteiger partial charge >= 0.3 is 0 Å². The molecule has 0 radical (unpaired) electrons. The molecule has 4 fully saturated rings. The predicted octanol–water partition coefficient (Wildman–Crippen LogP) is 12.3. The Kier molecular flexibility index (Phi) is 23.8. The van der Waals surface area contributed by atoms with Crippen LogP contribution in [0, 0.1) is 29.6 Å². The summed E-state index contributed by atoms with van der Waals surface area (Å²) in [6.45, 7) is 28.5. The van der Waals surface area contributed by atoms with Gasteiger partial charge < -0.3 is 61.3 Å². The Balaban J connectivity index is 0.984. The van der Waals surface area contributed by atoms with E-state index in [0.717, 1.165) is 31.9 Å². The number of nitrogens with zero attached hydrogens (tertiary/aromatic N) is 3. The number of ether oxygens (including phenoxy) is 10. The molecule has 16 nitrogen and oxygen atoms in total. The SMILES string of the molecule is CO[C@H]1OC(CO[Si](c2ccccc2)(c2ccccc2)C(C)(C)C)[C@@H](O[C@@H]2OC(C)[C@@H](O[C@H]3OC(CO[Si](c4ccccc4)(c4ccccc4)C(C)(C)C)[C@@H](O[C@@H]4OC(C)[C@@H](O)[C@@H](OCc5ccccc5)C4C)[C@H](C)C3N=[N+]=[N-])[C@@H](OCc3ccccc3)C2C)[C@H](C)C1C. The van der Waals surface area contributed by atoms with E-state index in [-0.39, 0.29) is 48.3 Å². The third kappa shape index (κ3) is 15.3. The molecule has 6 aromatic rings. The lowest BCUT2D eigenvalue weighted by Gasteiger charge is -2.52. The summed E-state index contributed by atoms with van der Waals surface area (Å²) < 4.78 is 85.4. The number of hydrogen-bond acceptors (Lipinski definition) is 14. The maximum atomic E-state index is 11.7. The van der Waals surface area contributed by atoms with E-state index >= 15 is 0 Å². The standard InChI is InChI=1S/C76H101N3O13Si2/c1-49-50(2)71(81-14)88-62(47-84-93(75(8,9)10,58-37-25-17-26-38-58)59-39-27-18-28-40-59)66(49)90-73-53(5)69(83-46-57-35-23-16-24-36-57)70(55(7)87-73)92-74-64(78-79-77)51(3)67(91-72-52(4)68(65(80)54(6)86-72)82-45-56-33-21-15-22-34-56)63(89-74)48-85-94(76(11,12)13,60-41-29-19-30-42-60)61-43-31-20-32-44-61/h15-44,49-55,62-74,80H,45-48H2,1-14H3/t49-,50?,51-,52?,53?,54?,55?,62?,63?,64?,65-,66+,67+,68+,69+,70-,71+,72+,73+,74-/m1/s1. The predicted molar refractivity (Wildman–Crippen MR) is 370 cm³/mol. The topological polar surface area (TPSA) is 180 Å².